The first-order chi connectivity index (χ1) is 8.71. The summed E-state index contributed by atoms with van der Waals surface area (Å²) in [6.07, 6.45) is 6.17. The van der Waals surface area contributed by atoms with Gasteiger partial charge >= 0.3 is 0 Å². The summed E-state index contributed by atoms with van der Waals surface area (Å²) in [6, 6.07) is 7.00. The quantitative estimate of drug-likeness (QED) is 0.655. The average molecular weight is 248 g/mol. The molecule has 0 heterocycles. The van der Waals surface area contributed by atoms with Gasteiger partial charge in [0, 0.05) is 6.61 Å². The minimum atomic E-state index is 0.322. The van der Waals surface area contributed by atoms with Crippen molar-refractivity contribution in [2.45, 2.75) is 65.9 Å². The van der Waals surface area contributed by atoms with E-state index in [9.17, 15) is 0 Å². The summed E-state index contributed by atoms with van der Waals surface area (Å²) >= 11 is 0. The van der Waals surface area contributed by atoms with Crippen LogP contribution in [0.25, 0.3) is 0 Å². The first kappa shape index (κ1) is 15.2. The summed E-state index contributed by atoms with van der Waals surface area (Å²) in [5, 5.41) is 0. The van der Waals surface area contributed by atoms with E-state index in [4.69, 9.17) is 4.74 Å². The van der Waals surface area contributed by atoms with Gasteiger partial charge in [-0.3, -0.25) is 0 Å². The van der Waals surface area contributed by atoms with E-state index in [-0.39, 0.29) is 0 Å². The van der Waals surface area contributed by atoms with Crippen LogP contribution in [0.2, 0.25) is 0 Å². The Morgan fingerprint density at radius 1 is 1.00 bits per heavy atom. The van der Waals surface area contributed by atoms with Crippen LogP contribution >= 0.6 is 0 Å². The van der Waals surface area contributed by atoms with Crippen LogP contribution in [0.1, 0.15) is 57.2 Å². The molecule has 1 heteroatoms. The van der Waals surface area contributed by atoms with E-state index >= 15 is 0 Å². The van der Waals surface area contributed by atoms with Gasteiger partial charge in [-0.05, 0) is 49.8 Å². The van der Waals surface area contributed by atoms with Gasteiger partial charge in [0.2, 0.25) is 0 Å². The van der Waals surface area contributed by atoms with E-state index in [2.05, 4.69) is 45.9 Å². The molecule has 1 atom stereocenters. The molecular formula is C17H28O. The molecule has 1 nitrogen and oxygen atoms in total. The van der Waals surface area contributed by atoms with Crippen molar-refractivity contribution in [1.29, 1.82) is 0 Å². The van der Waals surface area contributed by atoms with E-state index in [1.54, 1.807) is 0 Å². The Morgan fingerprint density at radius 2 is 1.72 bits per heavy atom. The highest BCUT2D eigenvalue weighted by molar-refractivity contribution is 5.33. The Labute approximate surface area is 113 Å². The Hall–Kier alpha value is -0.820. The third-order valence-corrected chi connectivity index (χ3v) is 3.29. The molecule has 18 heavy (non-hydrogen) atoms. The summed E-state index contributed by atoms with van der Waals surface area (Å²) in [5.41, 5.74) is 4.47. The van der Waals surface area contributed by atoms with Crippen LogP contribution in [0, 0.1) is 0 Å². The predicted octanol–water partition coefficient (Wildman–Crippen LogP) is 4.56. The van der Waals surface area contributed by atoms with Crippen molar-refractivity contribution in [2.75, 3.05) is 6.61 Å². The number of ether oxygens (including phenoxy) is 1. The summed E-state index contributed by atoms with van der Waals surface area (Å²) in [7, 11) is 0. The van der Waals surface area contributed by atoms with Crippen molar-refractivity contribution in [3.8, 4) is 0 Å². The summed E-state index contributed by atoms with van der Waals surface area (Å²) in [5.74, 6) is 0. The minimum absolute atomic E-state index is 0.322. The van der Waals surface area contributed by atoms with Gasteiger partial charge < -0.3 is 4.74 Å². The lowest BCUT2D eigenvalue weighted by atomic mass is 9.95. The first-order valence-electron chi connectivity index (χ1n) is 7.43. The van der Waals surface area contributed by atoms with Crippen molar-refractivity contribution >= 4 is 0 Å². The molecule has 1 rings (SSSR count). The molecule has 0 bridgehead atoms. The number of hydrogen-bond donors (Lipinski definition) is 0. The first-order valence-corrected chi connectivity index (χ1v) is 7.43. The second-order valence-electron chi connectivity index (χ2n) is 5.07. The largest absolute Gasteiger partial charge is 0.378 e. The molecule has 0 saturated heterocycles. The lowest BCUT2D eigenvalue weighted by Crippen LogP contribution is -2.13. The fourth-order valence-electron chi connectivity index (χ4n) is 2.48. The van der Waals surface area contributed by atoms with Gasteiger partial charge in [0.25, 0.3) is 0 Å². The van der Waals surface area contributed by atoms with E-state index in [0.717, 1.165) is 13.0 Å². The monoisotopic (exact) mass is 248 g/mol. The SMILES string of the molecule is CCCc1ccc(CC(C)OCC)c(CCC)c1. The Bertz CT molecular complexity index is 343. The Morgan fingerprint density at radius 3 is 2.33 bits per heavy atom. The molecule has 0 aliphatic carbocycles. The molecule has 0 N–H and O–H groups in total. The molecule has 0 aliphatic heterocycles. The molecule has 0 fully saturated rings. The zero-order chi connectivity index (χ0) is 13.4. The van der Waals surface area contributed by atoms with Gasteiger partial charge in [0.1, 0.15) is 0 Å². The lowest BCUT2D eigenvalue weighted by Gasteiger charge is -2.16. The molecule has 1 aromatic carbocycles. The topological polar surface area (TPSA) is 9.23 Å². The second-order valence-corrected chi connectivity index (χ2v) is 5.07. The molecular weight excluding hydrogens is 220 g/mol. The van der Waals surface area contributed by atoms with E-state index < -0.39 is 0 Å². The second kappa shape index (κ2) is 8.31. The fraction of sp³-hybridized carbons (Fsp3) is 0.647. The molecule has 0 amide bonds. The van der Waals surface area contributed by atoms with E-state index in [1.165, 1.54) is 42.4 Å². The highest BCUT2D eigenvalue weighted by Gasteiger charge is 2.08. The van der Waals surface area contributed by atoms with Gasteiger partial charge in [0.05, 0.1) is 6.10 Å². The van der Waals surface area contributed by atoms with Crippen molar-refractivity contribution in [2.24, 2.45) is 0 Å². The molecule has 0 saturated carbocycles. The maximum absolute atomic E-state index is 5.66. The number of benzene rings is 1. The van der Waals surface area contributed by atoms with Gasteiger partial charge in [-0.1, -0.05) is 44.9 Å². The third kappa shape index (κ3) is 4.81. The zero-order valence-electron chi connectivity index (χ0n) is 12.5. The molecule has 0 radical (unpaired) electrons. The molecule has 0 aromatic heterocycles. The van der Waals surface area contributed by atoms with Crippen LogP contribution in [0.15, 0.2) is 18.2 Å². The maximum Gasteiger partial charge on any atom is 0.0587 e. The van der Waals surface area contributed by atoms with Crippen molar-refractivity contribution in [1.82, 2.24) is 0 Å². The van der Waals surface area contributed by atoms with Gasteiger partial charge in [-0.2, -0.15) is 0 Å². The molecule has 102 valence electrons. The normalized spacial score (nSPS) is 12.7. The summed E-state index contributed by atoms with van der Waals surface area (Å²) < 4.78 is 5.66. The van der Waals surface area contributed by atoms with Gasteiger partial charge in [0.15, 0.2) is 0 Å². The van der Waals surface area contributed by atoms with Crippen LogP contribution in [-0.4, -0.2) is 12.7 Å². The summed E-state index contributed by atoms with van der Waals surface area (Å²) in [4.78, 5) is 0. The summed E-state index contributed by atoms with van der Waals surface area (Å²) in [6.45, 7) is 9.53. The number of hydrogen-bond acceptors (Lipinski definition) is 1. The van der Waals surface area contributed by atoms with Crippen LogP contribution in [-0.2, 0) is 24.0 Å². The molecule has 1 aromatic rings. The van der Waals surface area contributed by atoms with Crippen molar-refractivity contribution in [3.05, 3.63) is 34.9 Å². The van der Waals surface area contributed by atoms with Gasteiger partial charge in [-0.25, -0.2) is 0 Å². The van der Waals surface area contributed by atoms with Crippen LogP contribution in [0.4, 0.5) is 0 Å². The number of aryl methyl sites for hydroxylation is 2. The van der Waals surface area contributed by atoms with Crippen LogP contribution in [0.3, 0.4) is 0 Å². The van der Waals surface area contributed by atoms with Crippen molar-refractivity contribution < 1.29 is 4.74 Å². The van der Waals surface area contributed by atoms with Gasteiger partial charge in [-0.15, -0.1) is 0 Å². The minimum Gasteiger partial charge on any atom is -0.378 e. The van der Waals surface area contributed by atoms with Crippen LogP contribution in [0.5, 0.6) is 0 Å². The van der Waals surface area contributed by atoms with Crippen LogP contribution < -0.4 is 0 Å². The average Bonchev–Trinajstić information content (AvgIpc) is 2.33. The highest BCUT2D eigenvalue weighted by atomic mass is 16.5. The predicted molar refractivity (Wildman–Crippen MR) is 79.2 cm³/mol. The smallest absolute Gasteiger partial charge is 0.0587 e. The third-order valence-electron chi connectivity index (χ3n) is 3.29. The standard InChI is InChI=1S/C17H28O/c1-5-8-15-10-11-17(12-14(4)18-7-3)16(13-15)9-6-2/h10-11,13-14H,5-9,12H2,1-4H3. The maximum atomic E-state index is 5.66. The zero-order valence-corrected chi connectivity index (χ0v) is 12.5. The highest BCUT2D eigenvalue weighted by Crippen LogP contribution is 2.18. The Kier molecular flexibility index (Phi) is 7.04. The van der Waals surface area contributed by atoms with E-state index in [0.29, 0.717) is 6.10 Å². The van der Waals surface area contributed by atoms with Crippen molar-refractivity contribution in [3.63, 3.8) is 0 Å². The molecule has 0 spiro atoms. The van der Waals surface area contributed by atoms with E-state index in [1.807, 2.05) is 0 Å². The number of rotatable bonds is 8. The molecule has 0 aliphatic rings. The fourth-order valence-corrected chi connectivity index (χ4v) is 2.48. The lowest BCUT2D eigenvalue weighted by molar-refractivity contribution is 0.0767. The molecule has 1 unspecified atom stereocenters. The Balaban J connectivity index is 2.81.